The maximum atomic E-state index is 11.9. The van der Waals surface area contributed by atoms with Crippen LogP contribution in [0.15, 0.2) is 54.6 Å². The Morgan fingerprint density at radius 1 is 0.960 bits per heavy atom. The van der Waals surface area contributed by atoms with Crippen molar-refractivity contribution in [3.63, 3.8) is 0 Å². The van der Waals surface area contributed by atoms with E-state index in [2.05, 4.69) is 10.6 Å². The lowest BCUT2D eigenvalue weighted by atomic mass is 10.1. The average molecular weight is 340 g/mol. The number of hydrogen-bond acceptors (Lipinski definition) is 3. The van der Waals surface area contributed by atoms with Crippen LogP contribution in [0.5, 0.6) is 5.75 Å². The summed E-state index contributed by atoms with van der Waals surface area (Å²) >= 11 is 0. The van der Waals surface area contributed by atoms with Crippen LogP contribution in [0.2, 0.25) is 0 Å². The number of amides is 2. The van der Waals surface area contributed by atoms with E-state index in [1.54, 1.807) is 6.07 Å². The zero-order valence-corrected chi connectivity index (χ0v) is 14.5. The van der Waals surface area contributed by atoms with E-state index in [1.165, 1.54) is 0 Å². The van der Waals surface area contributed by atoms with Gasteiger partial charge in [0.2, 0.25) is 5.91 Å². The van der Waals surface area contributed by atoms with Crippen molar-refractivity contribution in [2.75, 3.05) is 19.7 Å². The van der Waals surface area contributed by atoms with E-state index >= 15 is 0 Å². The quantitative estimate of drug-likeness (QED) is 0.690. The van der Waals surface area contributed by atoms with Crippen LogP contribution < -0.4 is 15.4 Å². The zero-order valence-electron chi connectivity index (χ0n) is 14.5. The van der Waals surface area contributed by atoms with Gasteiger partial charge in [0.05, 0.1) is 6.61 Å². The molecule has 2 N–H and O–H groups in total. The highest BCUT2D eigenvalue weighted by Crippen LogP contribution is 2.08. The molecule has 0 radical (unpaired) electrons. The van der Waals surface area contributed by atoms with E-state index < -0.39 is 0 Å². The Labute approximate surface area is 148 Å². The van der Waals surface area contributed by atoms with Gasteiger partial charge >= 0.3 is 0 Å². The predicted octanol–water partition coefficient (Wildman–Crippen LogP) is 2.70. The summed E-state index contributed by atoms with van der Waals surface area (Å²) in [5.41, 5.74) is 1.67. The third-order valence-corrected chi connectivity index (χ3v) is 3.57. The van der Waals surface area contributed by atoms with Gasteiger partial charge in [0.15, 0.2) is 0 Å². The fourth-order valence-corrected chi connectivity index (χ4v) is 2.29. The number of benzene rings is 2. The molecule has 2 rings (SSSR count). The fourth-order valence-electron chi connectivity index (χ4n) is 2.29. The molecule has 0 aliphatic heterocycles. The Morgan fingerprint density at radius 2 is 1.72 bits per heavy atom. The van der Waals surface area contributed by atoms with Crippen LogP contribution in [0.25, 0.3) is 0 Å². The molecule has 2 aromatic rings. The standard InChI is InChI=1S/C20H24N2O3/c1-16-7-5-8-17(15-16)20(24)22-13-12-21-19(23)11-6-14-25-18-9-3-2-4-10-18/h2-5,7-10,15H,6,11-14H2,1H3,(H,21,23)(H,22,24). The number of ether oxygens (including phenoxy) is 1. The van der Waals surface area contributed by atoms with Crippen molar-refractivity contribution in [1.29, 1.82) is 0 Å². The summed E-state index contributed by atoms with van der Waals surface area (Å²) in [6.45, 7) is 3.26. The summed E-state index contributed by atoms with van der Waals surface area (Å²) in [5, 5.41) is 5.58. The van der Waals surface area contributed by atoms with Gasteiger partial charge in [-0.25, -0.2) is 0 Å². The van der Waals surface area contributed by atoms with Gasteiger partial charge in [-0.15, -0.1) is 0 Å². The molecule has 2 aromatic carbocycles. The number of rotatable bonds is 9. The third-order valence-electron chi connectivity index (χ3n) is 3.57. The largest absolute Gasteiger partial charge is 0.494 e. The Bertz CT molecular complexity index is 686. The monoisotopic (exact) mass is 340 g/mol. The van der Waals surface area contributed by atoms with E-state index in [0.717, 1.165) is 11.3 Å². The van der Waals surface area contributed by atoms with Crippen molar-refractivity contribution >= 4 is 11.8 Å². The molecule has 0 atom stereocenters. The first-order chi connectivity index (χ1) is 12.1. The molecule has 0 bridgehead atoms. The van der Waals surface area contributed by atoms with Crippen molar-refractivity contribution in [3.05, 3.63) is 65.7 Å². The second-order valence-electron chi connectivity index (χ2n) is 5.74. The van der Waals surface area contributed by atoms with Crippen LogP contribution in [0, 0.1) is 6.92 Å². The van der Waals surface area contributed by atoms with Crippen LogP contribution in [-0.4, -0.2) is 31.5 Å². The summed E-state index contributed by atoms with van der Waals surface area (Å²) in [4.78, 5) is 23.7. The van der Waals surface area contributed by atoms with Gasteiger partial charge in [0.1, 0.15) is 5.75 Å². The molecule has 0 saturated carbocycles. The predicted molar refractivity (Wildman–Crippen MR) is 97.7 cm³/mol. The van der Waals surface area contributed by atoms with Crippen molar-refractivity contribution in [2.45, 2.75) is 19.8 Å². The highest BCUT2D eigenvalue weighted by Gasteiger charge is 2.05. The SMILES string of the molecule is Cc1cccc(C(=O)NCCNC(=O)CCCOc2ccccc2)c1. The van der Waals surface area contributed by atoms with Crippen LogP contribution >= 0.6 is 0 Å². The molecule has 2 amide bonds. The maximum Gasteiger partial charge on any atom is 0.251 e. The molecule has 25 heavy (non-hydrogen) atoms. The topological polar surface area (TPSA) is 67.4 Å². The maximum absolute atomic E-state index is 11.9. The number of hydrogen-bond donors (Lipinski definition) is 2. The summed E-state index contributed by atoms with van der Waals surface area (Å²) in [6, 6.07) is 16.9. The third kappa shape index (κ3) is 7.08. The van der Waals surface area contributed by atoms with E-state index in [1.807, 2.05) is 55.5 Å². The minimum atomic E-state index is -0.130. The molecule has 0 unspecified atom stereocenters. The molecule has 0 aliphatic rings. The lowest BCUT2D eigenvalue weighted by molar-refractivity contribution is -0.121. The summed E-state index contributed by atoms with van der Waals surface area (Å²) < 4.78 is 5.54. The van der Waals surface area contributed by atoms with Gasteiger partial charge in [-0.1, -0.05) is 35.9 Å². The minimum Gasteiger partial charge on any atom is -0.494 e. The molecule has 0 heterocycles. The smallest absolute Gasteiger partial charge is 0.251 e. The number of carbonyl (C=O) groups is 2. The fraction of sp³-hybridized carbons (Fsp3) is 0.300. The molecule has 0 spiro atoms. The highest BCUT2D eigenvalue weighted by molar-refractivity contribution is 5.94. The first-order valence-corrected chi connectivity index (χ1v) is 8.44. The van der Waals surface area contributed by atoms with Crippen LogP contribution in [-0.2, 0) is 4.79 Å². The number of aryl methyl sites for hydroxylation is 1. The van der Waals surface area contributed by atoms with Gasteiger partial charge in [0, 0.05) is 25.1 Å². The van der Waals surface area contributed by atoms with Gasteiger partial charge in [-0.3, -0.25) is 9.59 Å². The summed E-state index contributed by atoms with van der Waals surface area (Å²) in [6.07, 6.45) is 1.05. The first kappa shape index (κ1) is 18.5. The second-order valence-corrected chi connectivity index (χ2v) is 5.74. The van der Waals surface area contributed by atoms with E-state index in [0.29, 0.717) is 38.1 Å². The van der Waals surface area contributed by atoms with Gasteiger partial charge < -0.3 is 15.4 Å². The van der Waals surface area contributed by atoms with Crippen molar-refractivity contribution < 1.29 is 14.3 Å². The Balaban J connectivity index is 1.54. The lowest BCUT2D eigenvalue weighted by Gasteiger charge is -2.08. The van der Waals surface area contributed by atoms with Gasteiger partial charge in [0.25, 0.3) is 5.91 Å². The Kier molecular flexibility index (Phi) is 7.50. The Hall–Kier alpha value is -2.82. The molecule has 5 nitrogen and oxygen atoms in total. The summed E-state index contributed by atoms with van der Waals surface area (Å²) in [5.74, 6) is 0.637. The lowest BCUT2D eigenvalue weighted by Crippen LogP contribution is -2.34. The first-order valence-electron chi connectivity index (χ1n) is 8.44. The van der Waals surface area contributed by atoms with Crippen LogP contribution in [0.4, 0.5) is 0 Å². The van der Waals surface area contributed by atoms with Crippen molar-refractivity contribution in [1.82, 2.24) is 10.6 Å². The van der Waals surface area contributed by atoms with Crippen molar-refractivity contribution in [2.24, 2.45) is 0 Å². The molecule has 0 aliphatic carbocycles. The molecular weight excluding hydrogens is 316 g/mol. The second kappa shape index (κ2) is 10.1. The molecule has 0 fully saturated rings. The normalized spacial score (nSPS) is 10.1. The number of nitrogens with one attached hydrogen (secondary N) is 2. The minimum absolute atomic E-state index is 0.0403. The Morgan fingerprint density at radius 3 is 2.48 bits per heavy atom. The molecule has 5 heteroatoms. The molecule has 0 aromatic heterocycles. The number of carbonyl (C=O) groups excluding carboxylic acids is 2. The van der Waals surface area contributed by atoms with Crippen molar-refractivity contribution in [3.8, 4) is 5.75 Å². The van der Waals surface area contributed by atoms with E-state index in [9.17, 15) is 9.59 Å². The van der Waals surface area contributed by atoms with Gasteiger partial charge in [-0.2, -0.15) is 0 Å². The van der Waals surface area contributed by atoms with Gasteiger partial charge in [-0.05, 0) is 37.6 Å². The van der Waals surface area contributed by atoms with Crippen LogP contribution in [0.3, 0.4) is 0 Å². The van der Waals surface area contributed by atoms with E-state index in [-0.39, 0.29) is 11.8 Å². The highest BCUT2D eigenvalue weighted by atomic mass is 16.5. The van der Waals surface area contributed by atoms with Crippen LogP contribution in [0.1, 0.15) is 28.8 Å². The molecule has 132 valence electrons. The molecule has 0 saturated heterocycles. The molecular formula is C20H24N2O3. The number of para-hydroxylation sites is 1. The zero-order chi connectivity index (χ0) is 17.9. The van der Waals surface area contributed by atoms with E-state index in [4.69, 9.17) is 4.74 Å². The summed E-state index contributed by atoms with van der Waals surface area (Å²) in [7, 11) is 0. The average Bonchev–Trinajstić information content (AvgIpc) is 2.63.